The summed E-state index contributed by atoms with van der Waals surface area (Å²) in [7, 11) is 1.40. The summed E-state index contributed by atoms with van der Waals surface area (Å²) in [6.45, 7) is 0. The van der Waals surface area contributed by atoms with E-state index in [2.05, 4.69) is 26.0 Å². The number of anilines is 3. The molecule has 2 fully saturated rings. The first-order chi connectivity index (χ1) is 15.0. The fourth-order valence-electron chi connectivity index (χ4n) is 3.38. The lowest BCUT2D eigenvalue weighted by molar-refractivity contribution is -0.124. The second-order valence-corrected chi connectivity index (χ2v) is 7.48. The molecule has 9 nitrogen and oxygen atoms in total. The Morgan fingerprint density at radius 3 is 2.84 bits per heavy atom. The Labute approximate surface area is 176 Å². The van der Waals surface area contributed by atoms with Crippen LogP contribution in [0.15, 0.2) is 36.0 Å². The molecule has 2 aromatic heterocycles. The number of hydrogen-bond acceptors (Lipinski definition) is 7. The number of imide groups is 1. The summed E-state index contributed by atoms with van der Waals surface area (Å²) in [4.78, 5) is 28.1. The van der Waals surface area contributed by atoms with Crippen LogP contribution in [0.2, 0.25) is 0 Å². The highest BCUT2D eigenvalue weighted by Gasteiger charge is 2.25. The maximum Gasteiger partial charge on any atom is 0.254 e. The van der Waals surface area contributed by atoms with Crippen molar-refractivity contribution in [2.45, 2.75) is 25.3 Å². The van der Waals surface area contributed by atoms with Gasteiger partial charge in [0.2, 0.25) is 5.91 Å². The van der Waals surface area contributed by atoms with Crippen molar-refractivity contribution in [1.29, 1.82) is 0 Å². The first kappa shape index (κ1) is 19.0. The van der Waals surface area contributed by atoms with Crippen molar-refractivity contribution >= 4 is 40.9 Å². The summed E-state index contributed by atoms with van der Waals surface area (Å²) in [6.07, 6.45) is 5.40. The Kier molecular flexibility index (Phi) is 4.54. The van der Waals surface area contributed by atoms with Gasteiger partial charge in [-0.05, 0) is 31.1 Å². The molecule has 0 unspecified atom stereocenters. The molecule has 2 aliphatic rings. The fraction of sp³-hybridized carbons (Fsp3) is 0.238. The van der Waals surface area contributed by atoms with Crippen LogP contribution in [0.25, 0.3) is 11.7 Å². The molecule has 1 saturated heterocycles. The Morgan fingerprint density at radius 1 is 1.29 bits per heavy atom. The summed E-state index contributed by atoms with van der Waals surface area (Å²) < 4.78 is 20.4. The molecule has 31 heavy (non-hydrogen) atoms. The lowest BCUT2D eigenvalue weighted by Crippen LogP contribution is -2.19. The summed E-state index contributed by atoms with van der Waals surface area (Å²) in [6, 6.07) is 6.63. The normalized spacial score (nSPS) is 17.3. The molecular formula is C21H19FN6O3. The van der Waals surface area contributed by atoms with E-state index in [4.69, 9.17) is 4.74 Å². The van der Waals surface area contributed by atoms with Gasteiger partial charge in [-0.25, -0.2) is 9.37 Å². The summed E-state index contributed by atoms with van der Waals surface area (Å²) in [5, 5.41) is 13.3. The smallest absolute Gasteiger partial charge is 0.254 e. The maximum absolute atomic E-state index is 13.7. The van der Waals surface area contributed by atoms with Crippen molar-refractivity contribution < 1.29 is 18.7 Å². The van der Waals surface area contributed by atoms with Crippen LogP contribution < -0.4 is 20.7 Å². The van der Waals surface area contributed by atoms with Gasteiger partial charge < -0.3 is 15.4 Å². The fourth-order valence-corrected chi connectivity index (χ4v) is 3.38. The molecule has 1 aliphatic carbocycles. The van der Waals surface area contributed by atoms with Crippen molar-refractivity contribution in [2.24, 2.45) is 0 Å². The number of halogens is 1. The summed E-state index contributed by atoms with van der Waals surface area (Å²) in [5.74, 6) is 0.172. The van der Waals surface area contributed by atoms with E-state index >= 15 is 0 Å². The second-order valence-electron chi connectivity index (χ2n) is 7.48. The number of rotatable bonds is 6. The molecule has 0 spiro atoms. The zero-order valence-corrected chi connectivity index (χ0v) is 16.6. The van der Waals surface area contributed by atoms with Crippen LogP contribution in [0, 0.1) is 5.82 Å². The first-order valence-corrected chi connectivity index (χ1v) is 9.81. The van der Waals surface area contributed by atoms with Crippen LogP contribution in [-0.4, -0.2) is 39.6 Å². The molecule has 3 heterocycles. The van der Waals surface area contributed by atoms with Gasteiger partial charge in [0, 0.05) is 35.0 Å². The van der Waals surface area contributed by atoms with E-state index in [1.54, 1.807) is 28.9 Å². The molecule has 1 aromatic carbocycles. The molecule has 3 N–H and O–H groups in total. The summed E-state index contributed by atoms with van der Waals surface area (Å²) in [5.41, 5.74) is 2.09. The Bertz CT molecular complexity index is 1250. The number of aromatic nitrogens is 3. The number of fused-ring (bicyclic) bond motifs is 1. The number of benzene rings is 1. The first-order valence-electron chi connectivity index (χ1n) is 9.81. The Hall–Kier alpha value is -3.95. The standard InChI is InChI=1S/C21H19FN6O3/c1-31-16-8-14(4-5-15(16)22)24-17-9-18(25-13-2-3-13)28-20(26-17)12(10-23-28)6-11-7-19(29)27-21(11)30/h4-6,8-10,13,25H,2-3,7H2,1H3,(H,24,26)(H,27,29,30)/b11-6+. The molecule has 2 amide bonds. The quantitative estimate of drug-likeness (QED) is 0.414. The number of nitrogens with zero attached hydrogens (tertiary/aromatic N) is 3. The predicted octanol–water partition coefficient (Wildman–Crippen LogP) is 2.62. The van der Waals surface area contributed by atoms with E-state index in [9.17, 15) is 14.0 Å². The number of ether oxygens (including phenoxy) is 1. The van der Waals surface area contributed by atoms with Gasteiger partial charge in [0.25, 0.3) is 5.91 Å². The number of carbonyl (C=O) groups is 2. The average molecular weight is 422 g/mol. The van der Waals surface area contributed by atoms with E-state index < -0.39 is 11.7 Å². The number of hydrogen-bond donors (Lipinski definition) is 3. The maximum atomic E-state index is 13.7. The highest BCUT2D eigenvalue weighted by atomic mass is 19.1. The van der Waals surface area contributed by atoms with Gasteiger partial charge in [0.15, 0.2) is 17.2 Å². The third-order valence-corrected chi connectivity index (χ3v) is 5.08. The Balaban J connectivity index is 1.56. The zero-order chi connectivity index (χ0) is 21.5. The minimum atomic E-state index is -0.457. The molecule has 1 saturated carbocycles. The highest BCUT2D eigenvalue weighted by Crippen LogP contribution is 2.30. The van der Waals surface area contributed by atoms with Crippen LogP contribution in [0.5, 0.6) is 5.75 Å². The van der Waals surface area contributed by atoms with Gasteiger partial charge in [-0.2, -0.15) is 9.61 Å². The highest BCUT2D eigenvalue weighted by molar-refractivity contribution is 6.15. The molecule has 0 bridgehead atoms. The molecule has 5 rings (SSSR count). The van der Waals surface area contributed by atoms with Gasteiger partial charge in [-0.3, -0.25) is 14.9 Å². The molecular weight excluding hydrogens is 403 g/mol. The average Bonchev–Trinajstić information content (AvgIpc) is 3.38. The molecule has 0 radical (unpaired) electrons. The predicted molar refractivity (Wildman–Crippen MR) is 112 cm³/mol. The molecule has 158 valence electrons. The van der Waals surface area contributed by atoms with Crippen LogP contribution in [-0.2, 0) is 9.59 Å². The van der Waals surface area contributed by atoms with Crippen molar-refractivity contribution in [3.8, 4) is 5.75 Å². The molecule has 1 aliphatic heterocycles. The van der Waals surface area contributed by atoms with Crippen molar-refractivity contribution in [1.82, 2.24) is 19.9 Å². The van der Waals surface area contributed by atoms with E-state index in [1.807, 2.05) is 6.07 Å². The largest absolute Gasteiger partial charge is 0.494 e. The Morgan fingerprint density at radius 2 is 2.13 bits per heavy atom. The van der Waals surface area contributed by atoms with Crippen molar-refractivity contribution in [3.63, 3.8) is 0 Å². The van der Waals surface area contributed by atoms with E-state index in [0.717, 1.165) is 18.7 Å². The number of amides is 2. The zero-order valence-electron chi connectivity index (χ0n) is 16.6. The topological polar surface area (TPSA) is 110 Å². The number of methoxy groups -OCH3 is 1. The SMILES string of the molecule is COc1cc(Nc2cc(NC3CC3)n3ncc(/C=C4\CC(=O)NC4=O)c3n2)ccc1F. The third kappa shape index (κ3) is 3.79. The van der Waals surface area contributed by atoms with Gasteiger partial charge in [0.05, 0.1) is 19.7 Å². The lowest BCUT2D eigenvalue weighted by Gasteiger charge is -2.12. The molecule has 0 atom stereocenters. The third-order valence-electron chi connectivity index (χ3n) is 5.08. The number of carbonyl (C=O) groups excluding carboxylic acids is 2. The minimum absolute atomic E-state index is 0.0245. The van der Waals surface area contributed by atoms with Crippen molar-refractivity contribution in [3.05, 3.63) is 47.4 Å². The number of nitrogens with one attached hydrogen (secondary N) is 3. The molecule has 10 heteroatoms. The minimum Gasteiger partial charge on any atom is -0.494 e. The summed E-state index contributed by atoms with van der Waals surface area (Å²) >= 11 is 0. The molecule has 3 aromatic rings. The monoisotopic (exact) mass is 422 g/mol. The van der Waals surface area contributed by atoms with Crippen LogP contribution >= 0.6 is 0 Å². The lowest BCUT2D eigenvalue weighted by atomic mass is 10.1. The van der Waals surface area contributed by atoms with Gasteiger partial charge in [-0.15, -0.1) is 0 Å². The van der Waals surface area contributed by atoms with E-state index in [1.165, 1.54) is 13.2 Å². The van der Waals surface area contributed by atoms with Gasteiger partial charge in [0.1, 0.15) is 11.6 Å². The second kappa shape index (κ2) is 7.38. The van der Waals surface area contributed by atoms with Crippen LogP contribution in [0.1, 0.15) is 24.8 Å². The van der Waals surface area contributed by atoms with Gasteiger partial charge in [-0.1, -0.05) is 0 Å². The van der Waals surface area contributed by atoms with E-state index in [0.29, 0.717) is 34.3 Å². The van der Waals surface area contributed by atoms with Crippen LogP contribution in [0.4, 0.5) is 21.7 Å². The van der Waals surface area contributed by atoms with Crippen LogP contribution in [0.3, 0.4) is 0 Å². The van der Waals surface area contributed by atoms with Gasteiger partial charge >= 0.3 is 0 Å². The van der Waals surface area contributed by atoms with Crippen molar-refractivity contribution in [2.75, 3.05) is 17.7 Å². The van der Waals surface area contributed by atoms with E-state index in [-0.39, 0.29) is 18.1 Å².